The molecule has 2 rings (SSSR count). The van der Waals surface area contributed by atoms with Crippen molar-refractivity contribution >= 4 is 13.3 Å². The molecular weight excluding hydrogens is 208 g/mol. The van der Waals surface area contributed by atoms with Crippen LogP contribution in [-0.4, -0.2) is 8.07 Å². The molecule has 1 aromatic rings. The highest BCUT2D eigenvalue weighted by molar-refractivity contribution is 6.91. The summed E-state index contributed by atoms with van der Waals surface area (Å²) in [6.07, 6.45) is 4.46. The fourth-order valence-corrected chi connectivity index (χ4v) is 5.59. The maximum atomic E-state index is 7.96. The lowest BCUT2D eigenvalue weighted by atomic mass is 9.96. The average Bonchev–Trinajstić information content (AvgIpc) is 2.29. The van der Waals surface area contributed by atoms with Gasteiger partial charge in [-0.25, -0.2) is 0 Å². The van der Waals surface area contributed by atoms with Crippen molar-refractivity contribution in [3.8, 4) is 0 Å². The van der Waals surface area contributed by atoms with E-state index in [0.717, 1.165) is 12.5 Å². The van der Waals surface area contributed by atoms with Gasteiger partial charge in [0.1, 0.15) is 0 Å². The second-order valence-electron chi connectivity index (χ2n) is 5.61. The van der Waals surface area contributed by atoms with Gasteiger partial charge in [0.25, 0.3) is 0 Å². The molecule has 86 valence electrons. The fourth-order valence-electron chi connectivity index (χ4n) is 2.58. The summed E-state index contributed by atoms with van der Waals surface area (Å²) >= 11 is 0. The van der Waals surface area contributed by atoms with E-state index in [1.807, 2.05) is 0 Å². The molecule has 0 nitrogen and oxygen atoms in total. The highest BCUT2D eigenvalue weighted by Crippen LogP contribution is 2.35. The van der Waals surface area contributed by atoms with Crippen LogP contribution in [0.2, 0.25) is 18.6 Å². The van der Waals surface area contributed by atoms with E-state index in [2.05, 4.69) is 56.4 Å². The predicted octanol–water partition coefficient (Wildman–Crippen LogP) is 3.96. The third kappa shape index (κ3) is 2.30. The van der Waals surface area contributed by atoms with Gasteiger partial charge in [-0.15, -0.1) is 0 Å². The lowest BCUT2D eigenvalue weighted by molar-refractivity contribution is 0.521. The van der Waals surface area contributed by atoms with Gasteiger partial charge in [0.2, 0.25) is 0 Å². The average molecular weight is 231 g/mol. The quantitative estimate of drug-likeness (QED) is 0.534. The third-order valence-corrected chi connectivity index (χ3v) is 7.96. The summed E-state index contributed by atoms with van der Waals surface area (Å²) in [5.41, 5.74) is 0.626. The van der Waals surface area contributed by atoms with Crippen molar-refractivity contribution in [2.45, 2.75) is 38.4 Å². The van der Waals surface area contributed by atoms with Crippen LogP contribution in [0, 0.1) is 5.92 Å². The Hall–Kier alpha value is -0.823. The number of hydrogen-bond acceptors (Lipinski definition) is 0. The minimum atomic E-state index is -1.46. The van der Waals surface area contributed by atoms with E-state index in [1.165, 1.54) is 11.6 Å². The van der Waals surface area contributed by atoms with Crippen molar-refractivity contribution in [3.63, 3.8) is 0 Å². The molecule has 0 saturated carbocycles. The van der Waals surface area contributed by atoms with E-state index in [4.69, 9.17) is 1.37 Å². The van der Waals surface area contributed by atoms with Crippen LogP contribution in [0.1, 0.15) is 21.1 Å². The van der Waals surface area contributed by atoms with Crippen LogP contribution < -0.4 is 5.19 Å². The van der Waals surface area contributed by atoms with Crippen molar-refractivity contribution in [2.75, 3.05) is 0 Å². The van der Waals surface area contributed by atoms with Crippen LogP contribution in [0.25, 0.3) is 0 Å². The smallest absolute Gasteiger partial charge is 0.0873 e. The summed E-state index contributed by atoms with van der Waals surface area (Å²) in [7, 11) is -1.46. The molecule has 0 fully saturated rings. The lowest BCUT2D eigenvalue weighted by Gasteiger charge is -2.35. The Kier molecular flexibility index (Phi) is 2.96. The number of rotatable bonds is 2. The van der Waals surface area contributed by atoms with Gasteiger partial charge in [-0.05, 0) is 24.3 Å². The molecule has 1 heteroatoms. The van der Waals surface area contributed by atoms with Gasteiger partial charge in [0, 0.05) is 0 Å². The van der Waals surface area contributed by atoms with Crippen LogP contribution in [-0.2, 0) is 0 Å². The van der Waals surface area contributed by atoms with Crippen molar-refractivity contribution in [1.82, 2.24) is 0 Å². The van der Waals surface area contributed by atoms with Crippen molar-refractivity contribution in [2.24, 2.45) is 5.92 Å². The molecule has 0 N–H and O–H groups in total. The minimum absolute atomic E-state index is 0.626. The first-order valence-corrected chi connectivity index (χ1v) is 9.30. The maximum Gasteiger partial charge on any atom is 0.0873 e. The van der Waals surface area contributed by atoms with E-state index < -0.39 is 8.07 Å². The number of benzene rings is 1. The summed E-state index contributed by atoms with van der Waals surface area (Å²) in [5, 5.41) is 1.52. The Balaban J connectivity index is 2.30. The molecule has 16 heavy (non-hydrogen) atoms. The first-order valence-electron chi connectivity index (χ1n) is 6.73. The standard InChI is InChI=1S/C15H22Si/c1-13-8-7-11-15(12-13)16(2,3)14-9-5-4-6-10-14/h4-7,9-11,13,15H,8,12H2,1-3H3/t13-,15-/m1/s1/i7D. The zero-order valence-electron chi connectivity index (χ0n) is 11.5. The van der Waals surface area contributed by atoms with E-state index in [0.29, 0.717) is 11.5 Å². The molecule has 0 spiro atoms. The molecule has 0 aliphatic heterocycles. The van der Waals surface area contributed by atoms with Crippen molar-refractivity contribution in [3.05, 3.63) is 42.5 Å². The summed E-state index contributed by atoms with van der Waals surface area (Å²) in [6, 6.07) is 11.8. The molecule has 0 heterocycles. The van der Waals surface area contributed by atoms with Gasteiger partial charge >= 0.3 is 0 Å². The number of allylic oxidation sites excluding steroid dienone is 2. The lowest BCUT2D eigenvalue weighted by Crippen LogP contribution is -2.46. The van der Waals surface area contributed by atoms with E-state index in [1.54, 1.807) is 0 Å². The summed E-state index contributed by atoms with van der Waals surface area (Å²) in [5.74, 6) is 0.674. The minimum Gasteiger partial charge on any atom is -0.0883 e. The second kappa shape index (κ2) is 4.58. The van der Waals surface area contributed by atoms with Gasteiger partial charge in [0.05, 0.1) is 9.44 Å². The molecule has 0 aromatic heterocycles. The second-order valence-corrected chi connectivity index (χ2v) is 10.4. The van der Waals surface area contributed by atoms with E-state index in [-0.39, 0.29) is 0 Å². The highest BCUT2D eigenvalue weighted by atomic mass is 28.3. The Morgan fingerprint density at radius 2 is 1.94 bits per heavy atom. The maximum absolute atomic E-state index is 7.96. The van der Waals surface area contributed by atoms with Crippen LogP contribution in [0.15, 0.2) is 42.5 Å². The van der Waals surface area contributed by atoms with Gasteiger partial charge in [-0.3, -0.25) is 0 Å². The molecule has 0 saturated heterocycles. The Morgan fingerprint density at radius 1 is 1.25 bits per heavy atom. The van der Waals surface area contributed by atoms with Crippen molar-refractivity contribution < 1.29 is 1.37 Å². The fraction of sp³-hybridized carbons (Fsp3) is 0.467. The monoisotopic (exact) mass is 231 g/mol. The van der Waals surface area contributed by atoms with Gasteiger partial charge < -0.3 is 0 Å². The van der Waals surface area contributed by atoms with Crippen LogP contribution in [0.4, 0.5) is 0 Å². The highest BCUT2D eigenvalue weighted by Gasteiger charge is 2.33. The van der Waals surface area contributed by atoms with E-state index in [9.17, 15) is 0 Å². The SMILES string of the molecule is [2H]C1=C[C@@H]([Si](C)(C)c2ccccc2)C[C@H](C)C1. The Labute approximate surface area is 102 Å². The Morgan fingerprint density at radius 3 is 2.56 bits per heavy atom. The molecule has 0 radical (unpaired) electrons. The predicted molar refractivity (Wildman–Crippen MR) is 74.8 cm³/mol. The molecule has 2 atom stereocenters. The summed E-state index contributed by atoms with van der Waals surface area (Å²) in [6.45, 7) is 7.16. The first kappa shape index (κ1) is 10.3. The van der Waals surface area contributed by atoms with Gasteiger partial charge in [-0.2, -0.15) is 0 Å². The molecule has 0 amide bonds. The van der Waals surface area contributed by atoms with Crippen molar-refractivity contribution in [1.29, 1.82) is 0 Å². The van der Waals surface area contributed by atoms with E-state index >= 15 is 0 Å². The van der Waals surface area contributed by atoms with Crippen LogP contribution in [0.3, 0.4) is 0 Å². The summed E-state index contributed by atoms with van der Waals surface area (Å²) < 4.78 is 7.96. The van der Waals surface area contributed by atoms with Gasteiger partial charge in [0.15, 0.2) is 0 Å². The zero-order chi connectivity index (χ0) is 12.5. The van der Waals surface area contributed by atoms with Crippen LogP contribution >= 0.6 is 0 Å². The van der Waals surface area contributed by atoms with Gasteiger partial charge in [-0.1, -0.05) is 67.7 Å². The first-order chi connectivity index (χ1) is 8.00. The largest absolute Gasteiger partial charge is 0.0883 e. The third-order valence-electron chi connectivity index (χ3n) is 3.89. The molecule has 0 bridgehead atoms. The molecule has 0 unspecified atom stereocenters. The topological polar surface area (TPSA) is 0 Å². The molecule has 1 aliphatic rings. The molecule has 1 aromatic carbocycles. The Bertz CT molecular complexity index is 408. The number of hydrogen-bond donors (Lipinski definition) is 0. The molecule has 1 aliphatic carbocycles. The van der Waals surface area contributed by atoms with Crippen LogP contribution in [0.5, 0.6) is 0 Å². The molecular formula is C15H22Si. The normalized spacial score (nSPS) is 27.2. The summed E-state index contributed by atoms with van der Waals surface area (Å²) in [4.78, 5) is 0. The zero-order valence-corrected chi connectivity index (χ0v) is 11.5.